The Bertz CT molecular complexity index is 347. The van der Waals surface area contributed by atoms with Gasteiger partial charge >= 0.3 is 0 Å². The second-order valence-corrected chi connectivity index (χ2v) is 2.47. The molecule has 0 spiro atoms. The maximum Gasteiger partial charge on any atom is 0.150 e. The molecule has 0 aliphatic rings. The molecule has 0 fully saturated rings. The topological polar surface area (TPSA) is 54.4 Å². The van der Waals surface area contributed by atoms with Gasteiger partial charge in [-0.05, 0) is 12.1 Å². The van der Waals surface area contributed by atoms with Crippen LogP contribution in [0.25, 0.3) is 0 Å². The van der Waals surface area contributed by atoms with E-state index in [1.165, 1.54) is 0 Å². The van der Waals surface area contributed by atoms with Gasteiger partial charge in [0, 0.05) is 16.7 Å². The van der Waals surface area contributed by atoms with E-state index in [0.717, 1.165) is 12.1 Å². The number of aldehydes is 2. The van der Waals surface area contributed by atoms with Crippen LogP contribution in [0.15, 0.2) is 12.1 Å². The van der Waals surface area contributed by atoms with Crippen molar-refractivity contribution >= 4 is 12.6 Å². The van der Waals surface area contributed by atoms with Gasteiger partial charge < -0.3 is 5.11 Å². The summed E-state index contributed by atoms with van der Waals surface area (Å²) in [4.78, 5) is 20.8. The molecule has 68 valence electrons. The summed E-state index contributed by atoms with van der Waals surface area (Å²) in [6.45, 7) is -0.494. The van der Waals surface area contributed by atoms with Crippen molar-refractivity contribution < 1.29 is 19.1 Å². The number of rotatable bonds is 3. The van der Waals surface area contributed by atoms with Gasteiger partial charge in [0.2, 0.25) is 0 Å². The Morgan fingerprint density at radius 1 is 1.23 bits per heavy atom. The van der Waals surface area contributed by atoms with E-state index in [1.807, 2.05) is 0 Å². The lowest BCUT2D eigenvalue weighted by atomic mass is 10.1. The van der Waals surface area contributed by atoms with Crippen LogP contribution in [-0.4, -0.2) is 17.7 Å². The van der Waals surface area contributed by atoms with Gasteiger partial charge in [0.15, 0.2) is 12.6 Å². The van der Waals surface area contributed by atoms with Gasteiger partial charge in [-0.25, -0.2) is 4.39 Å². The minimum Gasteiger partial charge on any atom is -0.392 e. The molecule has 0 aliphatic heterocycles. The zero-order chi connectivity index (χ0) is 9.84. The highest BCUT2D eigenvalue weighted by Crippen LogP contribution is 2.13. The Hall–Kier alpha value is -1.55. The predicted octanol–water partition coefficient (Wildman–Crippen LogP) is 0.943. The van der Waals surface area contributed by atoms with Crippen LogP contribution < -0.4 is 0 Å². The Kier molecular flexibility index (Phi) is 2.87. The van der Waals surface area contributed by atoms with E-state index >= 15 is 0 Å². The minimum absolute atomic E-state index is 0.00713. The van der Waals surface area contributed by atoms with Crippen LogP contribution in [0, 0.1) is 5.82 Å². The number of hydrogen-bond donors (Lipinski definition) is 1. The van der Waals surface area contributed by atoms with E-state index < -0.39 is 12.4 Å². The Balaban J connectivity index is 3.34. The Morgan fingerprint density at radius 2 is 1.77 bits per heavy atom. The summed E-state index contributed by atoms with van der Waals surface area (Å²) in [6, 6.07) is 2.09. The predicted molar refractivity (Wildman–Crippen MR) is 43.1 cm³/mol. The smallest absolute Gasteiger partial charge is 0.150 e. The first-order valence-corrected chi connectivity index (χ1v) is 3.56. The number of hydrogen-bond acceptors (Lipinski definition) is 3. The van der Waals surface area contributed by atoms with Crippen molar-refractivity contribution in [2.75, 3.05) is 0 Å². The summed E-state index contributed by atoms with van der Waals surface area (Å²) in [7, 11) is 0. The standard InChI is InChI=1S/C9H7FO3/c10-9-2-7(4-12)6(3-11)1-8(9)5-13/h1-4,13H,5H2. The van der Waals surface area contributed by atoms with Crippen molar-refractivity contribution in [1.29, 1.82) is 0 Å². The third kappa shape index (κ3) is 1.78. The van der Waals surface area contributed by atoms with Crippen LogP contribution >= 0.6 is 0 Å². The van der Waals surface area contributed by atoms with Crippen molar-refractivity contribution in [2.45, 2.75) is 6.61 Å². The van der Waals surface area contributed by atoms with Gasteiger partial charge in [0.25, 0.3) is 0 Å². The van der Waals surface area contributed by atoms with Crippen LogP contribution in [0.1, 0.15) is 26.3 Å². The molecular formula is C9H7FO3. The molecule has 3 nitrogen and oxygen atoms in total. The summed E-state index contributed by atoms with van der Waals surface area (Å²) in [5.41, 5.74) is 0.0813. The molecule has 0 aromatic heterocycles. The minimum atomic E-state index is -0.685. The highest BCUT2D eigenvalue weighted by Gasteiger charge is 2.07. The van der Waals surface area contributed by atoms with Crippen molar-refractivity contribution in [3.8, 4) is 0 Å². The summed E-state index contributed by atoms with van der Waals surface area (Å²) in [6.07, 6.45) is 0.844. The fraction of sp³-hybridized carbons (Fsp3) is 0.111. The molecule has 4 heteroatoms. The quantitative estimate of drug-likeness (QED) is 0.708. The van der Waals surface area contributed by atoms with E-state index in [9.17, 15) is 14.0 Å². The second-order valence-electron chi connectivity index (χ2n) is 2.47. The summed E-state index contributed by atoms with van der Waals surface area (Å²) in [5, 5.41) is 8.66. The SMILES string of the molecule is O=Cc1cc(F)c(CO)cc1C=O. The van der Waals surface area contributed by atoms with Gasteiger partial charge in [-0.15, -0.1) is 0 Å². The molecule has 0 radical (unpaired) electrons. The van der Waals surface area contributed by atoms with Gasteiger partial charge in [0.05, 0.1) is 6.61 Å². The van der Waals surface area contributed by atoms with Gasteiger partial charge in [-0.2, -0.15) is 0 Å². The molecule has 0 bridgehead atoms. The van der Waals surface area contributed by atoms with Crippen LogP contribution in [-0.2, 0) is 6.61 Å². The van der Waals surface area contributed by atoms with E-state index in [1.54, 1.807) is 0 Å². The first-order valence-electron chi connectivity index (χ1n) is 3.56. The molecule has 0 saturated carbocycles. The monoisotopic (exact) mass is 182 g/mol. The van der Waals surface area contributed by atoms with Crippen molar-refractivity contribution in [3.63, 3.8) is 0 Å². The van der Waals surface area contributed by atoms with Gasteiger partial charge in [-0.3, -0.25) is 9.59 Å². The number of carbonyl (C=O) groups is 2. The second kappa shape index (κ2) is 3.91. The van der Waals surface area contributed by atoms with Gasteiger partial charge in [0.1, 0.15) is 5.82 Å². The molecule has 1 N–H and O–H groups in total. The lowest BCUT2D eigenvalue weighted by Gasteiger charge is -2.02. The fourth-order valence-corrected chi connectivity index (χ4v) is 0.978. The maximum atomic E-state index is 12.9. The number of aliphatic hydroxyl groups is 1. The fourth-order valence-electron chi connectivity index (χ4n) is 0.978. The largest absolute Gasteiger partial charge is 0.392 e. The average Bonchev–Trinajstić information content (AvgIpc) is 2.17. The molecule has 1 aromatic carbocycles. The van der Waals surface area contributed by atoms with Crippen molar-refractivity contribution in [1.82, 2.24) is 0 Å². The van der Waals surface area contributed by atoms with E-state index in [4.69, 9.17) is 5.11 Å². The normalized spacial score (nSPS) is 9.69. The molecule has 1 rings (SSSR count). The molecule has 0 heterocycles. The van der Waals surface area contributed by atoms with Crippen LogP contribution in [0.2, 0.25) is 0 Å². The highest BCUT2D eigenvalue weighted by molar-refractivity contribution is 5.90. The molecule has 0 atom stereocenters. The first kappa shape index (κ1) is 9.54. The lowest BCUT2D eigenvalue weighted by molar-refractivity contribution is 0.109. The molecule has 0 unspecified atom stereocenters. The number of aliphatic hydroxyl groups excluding tert-OH is 1. The summed E-state index contributed by atoms with van der Waals surface area (Å²) >= 11 is 0. The van der Waals surface area contributed by atoms with Gasteiger partial charge in [-0.1, -0.05) is 0 Å². The van der Waals surface area contributed by atoms with E-state index in [2.05, 4.69) is 0 Å². The third-order valence-corrected chi connectivity index (χ3v) is 1.68. The number of halogens is 1. The number of benzene rings is 1. The van der Waals surface area contributed by atoms with Crippen molar-refractivity contribution in [3.05, 3.63) is 34.6 Å². The average molecular weight is 182 g/mol. The number of carbonyl (C=O) groups excluding carboxylic acids is 2. The molecule has 1 aromatic rings. The molecule has 13 heavy (non-hydrogen) atoms. The van der Waals surface area contributed by atoms with Crippen molar-refractivity contribution in [2.24, 2.45) is 0 Å². The van der Waals surface area contributed by atoms with Crippen LogP contribution in [0.3, 0.4) is 0 Å². The Labute approximate surface area is 73.8 Å². The maximum absolute atomic E-state index is 12.9. The molecule has 0 saturated heterocycles. The summed E-state index contributed by atoms with van der Waals surface area (Å²) in [5.74, 6) is -0.685. The van der Waals surface area contributed by atoms with Crippen LogP contribution in [0.4, 0.5) is 4.39 Å². The third-order valence-electron chi connectivity index (χ3n) is 1.68. The Morgan fingerprint density at radius 3 is 2.23 bits per heavy atom. The van der Waals surface area contributed by atoms with E-state index in [0.29, 0.717) is 12.6 Å². The van der Waals surface area contributed by atoms with Crippen LogP contribution in [0.5, 0.6) is 0 Å². The first-order chi connectivity index (χ1) is 6.22. The molecule has 0 amide bonds. The molecular weight excluding hydrogens is 175 g/mol. The van der Waals surface area contributed by atoms with E-state index in [-0.39, 0.29) is 16.7 Å². The highest BCUT2D eigenvalue weighted by atomic mass is 19.1. The zero-order valence-corrected chi connectivity index (χ0v) is 6.66. The molecule has 0 aliphatic carbocycles. The lowest BCUT2D eigenvalue weighted by Crippen LogP contribution is -1.98. The zero-order valence-electron chi connectivity index (χ0n) is 6.66. The summed E-state index contributed by atoms with van der Waals surface area (Å²) < 4.78 is 12.9.